The number of hydrogen-bond acceptors (Lipinski definition) is 2. The first kappa shape index (κ1) is 15.2. The second-order valence-electron chi connectivity index (χ2n) is 3.03. The summed E-state index contributed by atoms with van der Waals surface area (Å²) >= 11 is 7.00. The summed E-state index contributed by atoms with van der Waals surface area (Å²) < 4.78 is 0. The minimum absolute atomic E-state index is 0. The quantitative estimate of drug-likeness (QED) is 0.644. The SMILES string of the molecule is Cc1ccc(CBr)c(CBr)c1C.O[B]O. The zero-order valence-electron chi connectivity index (χ0n) is 8.80. The molecule has 2 N–H and O–H groups in total. The molecule has 1 radical (unpaired) electrons. The predicted molar refractivity (Wildman–Crippen MR) is 71.4 cm³/mol. The Kier molecular flexibility index (Phi) is 8.42. The molecule has 0 fully saturated rings. The molecule has 0 aliphatic heterocycles. The van der Waals surface area contributed by atoms with Gasteiger partial charge in [0, 0.05) is 10.7 Å². The molecule has 0 heterocycles. The highest BCUT2D eigenvalue weighted by molar-refractivity contribution is 9.09. The van der Waals surface area contributed by atoms with Crippen molar-refractivity contribution in [2.75, 3.05) is 0 Å². The zero-order chi connectivity index (χ0) is 11.8. The highest BCUT2D eigenvalue weighted by atomic mass is 79.9. The van der Waals surface area contributed by atoms with E-state index in [-0.39, 0.29) is 7.69 Å². The molecule has 0 atom stereocenters. The van der Waals surface area contributed by atoms with Gasteiger partial charge in [0.1, 0.15) is 0 Å². The van der Waals surface area contributed by atoms with Crippen LogP contribution >= 0.6 is 31.9 Å². The second kappa shape index (κ2) is 8.33. The van der Waals surface area contributed by atoms with Crippen LogP contribution in [0.2, 0.25) is 0 Å². The first-order valence-electron chi connectivity index (χ1n) is 4.42. The number of halogens is 2. The summed E-state index contributed by atoms with van der Waals surface area (Å²) in [6.45, 7) is 4.33. The standard InChI is InChI=1S/C10H12Br2.BH2O2/c1-7-3-4-9(5-11)10(6-12)8(7)2;2-1-3/h3-4H,5-6H2,1-2H3;2-3H. The van der Waals surface area contributed by atoms with E-state index in [1.54, 1.807) is 0 Å². The number of aryl methyl sites for hydroxylation is 1. The molecule has 1 rings (SSSR count). The van der Waals surface area contributed by atoms with Crippen molar-refractivity contribution in [2.24, 2.45) is 0 Å². The summed E-state index contributed by atoms with van der Waals surface area (Å²) in [5.74, 6) is 0. The van der Waals surface area contributed by atoms with Crippen molar-refractivity contribution >= 4 is 39.5 Å². The fourth-order valence-electron chi connectivity index (χ4n) is 1.24. The van der Waals surface area contributed by atoms with Gasteiger partial charge in [0.2, 0.25) is 0 Å². The van der Waals surface area contributed by atoms with Crippen molar-refractivity contribution < 1.29 is 10.0 Å². The van der Waals surface area contributed by atoms with Crippen molar-refractivity contribution in [3.63, 3.8) is 0 Å². The summed E-state index contributed by atoms with van der Waals surface area (Å²) in [6, 6.07) is 4.37. The molecule has 0 unspecified atom stereocenters. The summed E-state index contributed by atoms with van der Waals surface area (Å²) in [4.78, 5) is 0. The summed E-state index contributed by atoms with van der Waals surface area (Å²) in [6.07, 6.45) is 0. The van der Waals surface area contributed by atoms with Gasteiger partial charge in [-0.25, -0.2) is 0 Å². The van der Waals surface area contributed by atoms with Crippen LogP contribution in [-0.2, 0) is 10.7 Å². The lowest BCUT2D eigenvalue weighted by molar-refractivity contribution is 0.448. The van der Waals surface area contributed by atoms with Crippen LogP contribution in [0.5, 0.6) is 0 Å². The summed E-state index contributed by atoms with van der Waals surface area (Å²) in [7, 11) is 0. The lowest BCUT2D eigenvalue weighted by Crippen LogP contribution is -1.94. The normalized spacial score (nSPS) is 9.20. The average molecular weight is 337 g/mol. The minimum Gasteiger partial charge on any atom is -0.429 e. The molecular formula is C10H14BBr2O2. The molecule has 0 saturated carbocycles. The maximum absolute atomic E-state index is 7.00. The molecule has 5 heteroatoms. The Hall–Kier alpha value is 0.165. The molecule has 0 spiro atoms. The Labute approximate surface area is 108 Å². The Morgan fingerprint density at radius 2 is 1.67 bits per heavy atom. The largest absolute Gasteiger partial charge is 0.482 e. The van der Waals surface area contributed by atoms with E-state index in [1.807, 2.05) is 0 Å². The van der Waals surface area contributed by atoms with E-state index in [4.69, 9.17) is 10.0 Å². The van der Waals surface area contributed by atoms with Crippen LogP contribution in [-0.4, -0.2) is 17.7 Å². The van der Waals surface area contributed by atoms with Gasteiger partial charge in [-0.2, -0.15) is 0 Å². The van der Waals surface area contributed by atoms with Crippen molar-refractivity contribution in [1.29, 1.82) is 0 Å². The molecule has 15 heavy (non-hydrogen) atoms. The first-order valence-corrected chi connectivity index (χ1v) is 6.66. The lowest BCUT2D eigenvalue weighted by atomic mass is 10.00. The van der Waals surface area contributed by atoms with Crippen molar-refractivity contribution in [3.8, 4) is 0 Å². The third kappa shape index (κ3) is 4.68. The molecule has 1 aromatic rings. The van der Waals surface area contributed by atoms with E-state index in [0.717, 1.165) is 10.7 Å². The van der Waals surface area contributed by atoms with Crippen LogP contribution in [0, 0.1) is 13.8 Å². The van der Waals surface area contributed by atoms with E-state index < -0.39 is 0 Å². The van der Waals surface area contributed by atoms with Crippen LogP contribution in [0.4, 0.5) is 0 Å². The Morgan fingerprint density at radius 1 is 1.13 bits per heavy atom. The smallest absolute Gasteiger partial charge is 0.429 e. The summed E-state index contributed by atoms with van der Waals surface area (Å²) in [5, 5.41) is 15.9. The minimum atomic E-state index is 0. The molecular weight excluding hydrogens is 323 g/mol. The topological polar surface area (TPSA) is 40.5 Å². The van der Waals surface area contributed by atoms with Gasteiger partial charge in [0.15, 0.2) is 0 Å². The average Bonchev–Trinajstić information content (AvgIpc) is 2.23. The molecule has 2 nitrogen and oxygen atoms in total. The van der Waals surface area contributed by atoms with E-state index in [0.29, 0.717) is 0 Å². The van der Waals surface area contributed by atoms with Gasteiger partial charge in [-0.05, 0) is 36.1 Å². The van der Waals surface area contributed by atoms with E-state index in [9.17, 15) is 0 Å². The fraction of sp³-hybridized carbons (Fsp3) is 0.400. The van der Waals surface area contributed by atoms with Gasteiger partial charge in [-0.3, -0.25) is 0 Å². The zero-order valence-corrected chi connectivity index (χ0v) is 12.0. The summed E-state index contributed by atoms with van der Waals surface area (Å²) in [5.41, 5.74) is 5.58. The maximum Gasteiger partial charge on any atom is 0.482 e. The third-order valence-corrected chi connectivity index (χ3v) is 3.41. The van der Waals surface area contributed by atoms with Gasteiger partial charge in [0.25, 0.3) is 0 Å². The molecule has 0 aliphatic carbocycles. The predicted octanol–water partition coefficient (Wildman–Crippen LogP) is 2.60. The van der Waals surface area contributed by atoms with E-state index in [1.165, 1.54) is 22.3 Å². The third-order valence-electron chi connectivity index (χ3n) is 2.24. The van der Waals surface area contributed by atoms with Crippen LogP contribution in [0.15, 0.2) is 12.1 Å². The molecule has 0 bridgehead atoms. The Bertz CT molecular complexity index is 306. The molecule has 0 aliphatic rings. The fourth-order valence-corrected chi connectivity index (χ4v) is 2.55. The molecule has 0 aromatic heterocycles. The second-order valence-corrected chi connectivity index (χ2v) is 4.15. The van der Waals surface area contributed by atoms with E-state index in [2.05, 4.69) is 57.8 Å². The molecule has 1 aromatic carbocycles. The van der Waals surface area contributed by atoms with E-state index >= 15 is 0 Å². The van der Waals surface area contributed by atoms with Gasteiger partial charge < -0.3 is 10.0 Å². The number of benzene rings is 1. The van der Waals surface area contributed by atoms with Crippen molar-refractivity contribution in [1.82, 2.24) is 0 Å². The Morgan fingerprint density at radius 3 is 2.07 bits per heavy atom. The molecule has 0 amide bonds. The van der Waals surface area contributed by atoms with Crippen LogP contribution in [0.3, 0.4) is 0 Å². The molecule has 0 saturated heterocycles. The number of rotatable bonds is 2. The maximum atomic E-state index is 7.00. The molecule has 83 valence electrons. The van der Waals surface area contributed by atoms with Gasteiger partial charge in [-0.1, -0.05) is 44.0 Å². The van der Waals surface area contributed by atoms with Gasteiger partial charge in [-0.15, -0.1) is 0 Å². The lowest BCUT2D eigenvalue weighted by Gasteiger charge is -2.10. The van der Waals surface area contributed by atoms with Gasteiger partial charge in [0.05, 0.1) is 0 Å². The monoisotopic (exact) mass is 335 g/mol. The highest BCUT2D eigenvalue weighted by Gasteiger charge is 2.04. The number of hydrogen-bond donors (Lipinski definition) is 2. The number of alkyl halides is 2. The van der Waals surface area contributed by atoms with Crippen LogP contribution < -0.4 is 0 Å². The van der Waals surface area contributed by atoms with Crippen LogP contribution in [0.1, 0.15) is 22.3 Å². The van der Waals surface area contributed by atoms with Crippen molar-refractivity contribution in [3.05, 3.63) is 34.4 Å². The Balaban J connectivity index is 0.000000583. The first-order chi connectivity index (χ1) is 7.12. The van der Waals surface area contributed by atoms with Crippen LogP contribution in [0.25, 0.3) is 0 Å². The highest BCUT2D eigenvalue weighted by Crippen LogP contribution is 2.22. The van der Waals surface area contributed by atoms with Crippen molar-refractivity contribution in [2.45, 2.75) is 24.5 Å². The van der Waals surface area contributed by atoms with Gasteiger partial charge >= 0.3 is 7.69 Å².